The molecule has 5 nitrogen and oxygen atoms in total. The van der Waals surface area contributed by atoms with E-state index in [-0.39, 0.29) is 23.9 Å². The summed E-state index contributed by atoms with van der Waals surface area (Å²) in [6.45, 7) is 6.32. The van der Waals surface area contributed by atoms with E-state index in [0.29, 0.717) is 12.8 Å². The van der Waals surface area contributed by atoms with Gasteiger partial charge in [0.2, 0.25) is 0 Å². The molecule has 0 spiro atoms. The Bertz CT molecular complexity index is 1150. The van der Waals surface area contributed by atoms with Crippen LogP contribution in [0.4, 0.5) is 4.39 Å². The van der Waals surface area contributed by atoms with Crippen LogP contribution in [0, 0.1) is 12.7 Å². The van der Waals surface area contributed by atoms with Crippen molar-refractivity contribution in [3.63, 3.8) is 0 Å². The number of aliphatic hydroxyl groups is 2. The molecule has 2 aromatic carbocycles. The molecule has 0 aliphatic rings. The van der Waals surface area contributed by atoms with E-state index in [9.17, 15) is 19.4 Å². The van der Waals surface area contributed by atoms with E-state index < -0.39 is 12.1 Å². The first-order valence-corrected chi connectivity index (χ1v) is 11.4. The number of halogens is 1. The minimum Gasteiger partial charge on any atom is -0.512 e. The molecule has 0 radical (unpaired) electrons. The maximum atomic E-state index is 13.7. The number of esters is 1. The van der Waals surface area contributed by atoms with Crippen molar-refractivity contribution in [3.8, 4) is 16.8 Å². The first kappa shape index (κ1) is 25.2. The fraction of sp³-hybridized carbons (Fsp3) is 0.321. The van der Waals surface area contributed by atoms with Gasteiger partial charge in [0.1, 0.15) is 11.6 Å². The van der Waals surface area contributed by atoms with Gasteiger partial charge in [0.05, 0.1) is 19.3 Å². The molecule has 0 amide bonds. The summed E-state index contributed by atoms with van der Waals surface area (Å²) in [7, 11) is 1.23. The summed E-state index contributed by atoms with van der Waals surface area (Å²) in [5, 5.41) is 20.6. The molecule has 3 rings (SSSR count). The van der Waals surface area contributed by atoms with Crippen LogP contribution in [0.25, 0.3) is 16.8 Å². The van der Waals surface area contributed by atoms with Crippen molar-refractivity contribution in [2.45, 2.75) is 52.1 Å². The second kappa shape index (κ2) is 11.2. The van der Waals surface area contributed by atoms with E-state index in [1.807, 2.05) is 18.2 Å². The van der Waals surface area contributed by atoms with Crippen LogP contribution in [0.1, 0.15) is 49.6 Å². The van der Waals surface area contributed by atoms with E-state index >= 15 is 0 Å². The lowest BCUT2D eigenvalue weighted by Gasteiger charge is -2.17. The highest BCUT2D eigenvalue weighted by molar-refractivity contribution is 5.82. The lowest BCUT2D eigenvalue weighted by molar-refractivity contribution is -0.135. The van der Waals surface area contributed by atoms with Crippen molar-refractivity contribution in [3.05, 3.63) is 89.2 Å². The Morgan fingerprint density at radius 2 is 1.76 bits per heavy atom. The van der Waals surface area contributed by atoms with Crippen LogP contribution in [0.2, 0.25) is 0 Å². The van der Waals surface area contributed by atoms with Crippen molar-refractivity contribution in [2.75, 3.05) is 7.11 Å². The zero-order valence-corrected chi connectivity index (χ0v) is 20.1. The number of hydrogen-bond donors (Lipinski definition) is 2. The van der Waals surface area contributed by atoms with Crippen molar-refractivity contribution >= 4 is 5.97 Å². The molecule has 1 heterocycles. The molecule has 0 aliphatic carbocycles. The van der Waals surface area contributed by atoms with Crippen molar-refractivity contribution in [2.24, 2.45) is 0 Å². The molecule has 1 unspecified atom stereocenters. The normalized spacial score (nSPS) is 12.7. The second-order valence-electron chi connectivity index (χ2n) is 8.71. The van der Waals surface area contributed by atoms with E-state index in [1.54, 1.807) is 12.1 Å². The van der Waals surface area contributed by atoms with Crippen molar-refractivity contribution in [1.29, 1.82) is 0 Å². The number of nitrogens with zero attached hydrogens (tertiary/aromatic N) is 1. The third-order valence-corrected chi connectivity index (χ3v) is 5.90. The summed E-state index contributed by atoms with van der Waals surface area (Å²) in [6.07, 6.45) is 1.01. The minimum absolute atomic E-state index is 0.0453. The molecule has 2 N–H and O–H groups in total. The van der Waals surface area contributed by atoms with Gasteiger partial charge in [-0.2, -0.15) is 0 Å². The minimum atomic E-state index is -0.845. The van der Waals surface area contributed by atoms with Crippen molar-refractivity contribution in [1.82, 2.24) is 4.57 Å². The Kier molecular flexibility index (Phi) is 8.29. The van der Waals surface area contributed by atoms with Gasteiger partial charge in [0, 0.05) is 29.1 Å². The number of carbonyl (C=O) groups is 1. The van der Waals surface area contributed by atoms with Gasteiger partial charge >= 0.3 is 5.97 Å². The zero-order chi connectivity index (χ0) is 24.8. The van der Waals surface area contributed by atoms with Gasteiger partial charge in [-0.3, -0.25) is 0 Å². The third kappa shape index (κ3) is 5.75. The highest BCUT2D eigenvalue weighted by Gasteiger charge is 2.25. The highest BCUT2D eigenvalue weighted by Crippen LogP contribution is 2.39. The largest absolute Gasteiger partial charge is 0.512 e. The van der Waals surface area contributed by atoms with Crippen LogP contribution in [-0.4, -0.2) is 34.0 Å². The number of aromatic nitrogens is 1. The molecule has 1 atom stereocenters. The predicted octanol–water partition coefficient (Wildman–Crippen LogP) is 6.01. The summed E-state index contributed by atoms with van der Waals surface area (Å²) in [4.78, 5) is 11.3. The number of carbonyl (C=O) groups excluding carboxylic acids is 1. The zero-order valence-electron chi connectivity index (χ0n) is 20.1. The molecule has 0 bridgehead atoms. The summed E-state index contributed by atoms with van der Waals surface area (Å²) in [5.41, 5.74) is 6.22. The molecule has 0 saturated heterocycles. The standard InChI is InChI=1S/C28H32FNO4/c1-18(2)28-25(15-14-23(31)16-24(32)17-26(33)34-4)27(20-10-12-21(29)13-11-20)19(3)30(28)22-8-6-5-7-9-22/h5-13,17-18,23,31-32H,14-16H2,1-4H3/b24-17+. The summed E-state index contributed by atoms with van der Waals surface area (Å²) < 4.78 is 20.4. The monoisotopic (exact) mass is 465 g/mol. The molecule has 1 aromatic heterocycles. The van der Waals surface area contributed by atoms with Gasteiger partial charge in [-0.25, -0.2) is 9.18 Å². The van der Waals surface area contributed by atoms with Crippen LogP contribution in [-0.2, 0) is 16.0 Å². The number of benzene rings is 2. The maximum Gasteiger partial charge on any atom is 0.333 e. The number of methoxy groups -OCH3 is 1. The number of aliphatic hydroxyl groups excluding tert-OH is 2. The highest BCUT2D eigenvalue weighted by atomic mass is 19.1. The second-order valence-corrected chi connectivity index (χ2v) is 8.71. The van der Waals surface area contributed by atoms with E-state index in [2.05, 4.69) is 42.2 Å². The van der Waals surface area contributed by atoms with Gasteiger partial charge in [-0.1, -0.05) is 44.2 Å². The van der Waals surface area contributed by atoms with Crippen LogP contribution in [0.5, 0.6) is 0 Å². The van der Waals surface area contributed by atoms with Gasteiger partial charge in [0.25, 0.3) is 0 Å². The molecule has 6 heteroatoms. The summed E-state index contributed by atoms with van der Waals surface area (Å²) in [6, 6.07) is 16.6. The Morgan fingerprint density at radius 1 is 1.12 bits per heavy atom. The topological polar surface area (TPSA) is 71.7 Å². The molecule has 34 heavy (non-hydrogen) atoms. The first-order valence-electron chi connectivity index (χ1n) is 11.4. The molecule has 3 aromatic rings. The SMILES string of the molecule is COC(=O)/C=C(/O)CC(O)CCc1c(-c2ccc(F)cc2)c(C)n(-c2ccccc2)c1C(C)C. The van der Waals surface area contributed by atoms with Crippen molar-refractivity contribution < 1.29 is 24.1 Å². The lowest BCUT2D eigenvalue weighted by atomic mass is 9.92. The van der Waals surface area contributed by atoms with Gasteiger partial charge < -0.3 is 19.5 Å². The Balaban J connectivity index is 2.04. The van der Waals surface area contributed by atoms with E-state index in [1.165, 1.54) is 19.2 Å². The molecule has 0 saturated carbocycles. The van der Waals surface area contributed by atoms with E-state index in [4.69, 9.17) is 0 Å². The fourth-order valence-electron chi connectivity index (χ4n) is 4.45. The number of para-hydroxylation sites is 1. The quantitative estimate of drug-likeness (QED) is 0.230. The first-order chi connectivity index (χ1) is 16.2. The average Bonchev–Trinajstić information content (AvgIpc) is 3.10. The Labute approximate surface area is 200 Å². The van der Waals surface area contributed by atoms with Gasteiger partial charge in [-0.05, 0) is 61.1 Å². The Morgan fingerprint density at radius 3 is 2.35 bits per heavy atom. The maximum absolute atomic E-state index is 13.7. The Hall–Kier alpha value is -3.38. The lowest BCUT2D eigenvalue weighted by Crippen LogP contribution is -2.12. The molecule has 0 aliphatic heterocycles. The van der Waals surface area contributed by atoms with Crippen LogP contribution in [0.15, 0.2) is 66.4 Å². The average molecular weight is 466 g/mol. The van der Waals surface area contributed by atoms with Gasteiger partial charge in [-0.15, -0.1) is 0 Å². The smallest absolute Gasteiger partial charge is 0.333 e. The molecular weight excluding hydrogens is 433 g/mol. The number of ether oxygens (including phenoxy) is 1. The van der Waals surface area contributed by atoms with Crippen LogP contribution in [0.3, 0.4) is 0 Å². The number of hydrogen-bond acceptors (Lipinski definition) is 4. The molecule has 0 fully saturated rings. The third-order valence-electron chi connectivity index (χ3n) is 5.90. The molecular formula is C28H32FNO4. The summed E-state index contributed by atoms with van der Waals surface area (Å²) >= 11 is 0. The summed E-state index contributed by atoms with van der Waals surface area (Å²) in [5.74, 6) is -0.994. The predicted molar refractivity (Wildman–Crippen MR) is 132 cm³/mol. The molecule has 180 valence electrons. The van der Waals surface area contributed by atoms with Gasteiger partial charge in [0.15, 0.2) is 0 Å². The fourth-order valence-corrected chi connectivity index (χ4v) is 4.45. The van der Waals surface area contributed by atoms with Crippen LogP contribution < -0.4 is 0 Å². The van der Waals surface area contributed by atoms with Crippen LogP contribution >= 0.6 is 0 Å². The number of rotatable bonds is 9. The van der Waals surface area contributed by atoms with E-state index in [0.717, 1.165) is 39.8 Å².